The van der Waals surface area contributed by atoms with Crippen LogP contribution in [-0.2, 0) is 0 Å². The zero-order valence-corrected chi connectivity index (χ0v) is 11.9. The van der Waals surface area contributed by atoms with E-state index in [1.54, 1.807) is 0 Å². The summed E-state index contributed by atoms with van der Waals surface area (Å²) in [6.07, 6.45) is 6.87. The quantitative estimate of drug-likeness (QED) is 0.502. The Balaban J connectivity index is 2.38. The fraction of sp³-hybridized carbons (Fsp3) is 0.929. The predicted molar refractivity (Wildman–Crippen MR) is 75.8 cm³/mol. The first-order valence-corrected chi connectivity index (χ1v) is 7.17. The minimum atomic E-state index is -0.194. The molecule has 0 aromatic rings. The van der Waals surface area contributed by atoms with Crippen molar-refractivity contribution in [3.63, 3.8) is 0 Å². The van der Waals surface area contributed by atoms with E-state index in [-0.39, 0.29) is 17.9 Å². The van der Waals surface area contributed by atoms with Crippen molar-refractivity contribution < 1.29 is 5.11 Å². The monoisotopic (exact) mass is 255 g/mol. The predicted octanol–water partition coefficient (Wildman–Crippen LogP) is 1.97. The molecule has 1 heterocycles. The highest BCUT2D eigenvalue weighted by atomic mass is 16.3. The number of amidine groups is 1. The van der Waals surface area contributed by atoms with Crippen LogP contribution in [0.5, 0.6) is 0 Å². The Bertz CT molecular complexity index is 266. The number of nitrogens with two attached hydrogens (primary N) is 1. The Morgan fingerprint density at radius 2 is 2.11 bits per heavy atom. The molecule has 4 N–H and O–H groups in total. The molecular weight excluding hydrogens is 226 g/mol. The Kier molecular flexibility index (Phi) is 6.09. The topological polar surface area (TPSA) is 73.3 Å². The van der Waals surface area contributed by atoms with Gasteiger partial charge < -0.3 is 10.8 Å². The lowest BCUT2D eigenvalue weighted by Crippen LogP contribution is -2.39. The summed E-state index contributed by atoms with van der Waals surface area (Å²) in [6.45, 7) is 6.45. The SMILES string of the molecule is CC(C)(CCCN1CCCCCC1CO)C(=N)N. The van der Waals surface area contributed by atoms with Crippen LogP contribution in [0.1, 0.15) is 52.4 Å². The van der Waals surface area contributed by atoms with Gasteiger partial charge in [0, 0.05) is 11.5 Å². The highest BCUT2D eigenvalue weighted by Crippen LogP contribution is 2.23. The smallest absolute Gasteiger partial charge is 0.0963 e. The number of aliphatic hydroxyl groups is 1. The van der Waals surface area contributed by atoms with Crippen LogP contribution in [0.4, 0.5) is 0 Å². The molecule has 1 aliphatic rings. The van der Waals surface area contributed by atoms with E-state index in [9.17, 15) is 5.11 Å². The molecule has 0 saturated carbocycles. The third-order valence-electron chi connectivity index (χ3n) is 4.19. The van der Waals surface area contributed by atoms with Crippen LogP contribution < -0.4 is 5.73 Å². The lowest BCUT2D eigenvalue weighted by Gasteiger charge is -2.30. The van der Waals surface area contributed by atoms with Crippen molar-refractivity contribution in [2.45, 2.75) is 58.4 Å². The second-order valence-corrected chi connectivity index (χ2v) is 6.12. The van der Waals surface area contributed by atoms with E-state index in [0.29, 0.717) is 6.04 Å². The van der Waals surface area contributed by atoms with Gasteiger partial charge in [-0.15, -0.1) is 0 Å². The maximum absolute atomic E-state index is 9.44. The molecule has 1 unspecified atom stereocenters. The van der Waals surface area contributed by atoms with Crippen LogP contribution in [0.25, 0.3) is 0 Å². The van der Waals surface area contributed by atoms with Gasteiger partial charge in [0.15, 0.2) is 0 Å². The lowest BCUT2D eigenvalue weighted by molar-refractivity contribution is 0.120. The second kappa shape index (κ2) is 7.10. The van der Waals surface area contributed by atoms with Crippen molar-refractivity contribution >= 4 is 5.84 Å². The van der Waals surface area contributed by atoms with Crippen molar-refractivity contribution in [3.8, 4) is 0 Å². The van der Waals surface area contributed by atoms with Gasteiger partial charge in [0.05, 0.1) is 12.4 Å². The lowest BCUT2D eigenvalue weighted by atomic mass is 9.86. The molecule has 0 bridgehead atoms. The van der Waals surface area contributed by atoms with Crippen molar-refractivity contribution in [1.82, 2.24) is 4.90 Å². The molecular formula is C14H29N3O. The molecule has 0 aliphatic carbocycles. The molecule has 18 heavy (non-hydrogen) atoms. The van der Waals surface area contributed by atoms with Crippen molar-refractivity contribution in [2.24, 2.45) is 11.1 Å². The molecule has 106 valence electrons. The van der Waals surface area contributed by atoms with E-state index in [2.05, 4.69) is 4.90 Å². The number of aliphatic hydroxyl groups excluding tert-OH is 1. The molecule has 0 aromatic carbocycles. The molecule has 4 heteroatoms. The van der Waals surface area contributed by atoms with E-state index in [1.165, 1.54) is 19.3 Å². The fourth-order valence-corrected chi connectivity index (χ4v) is 2.60. The largest absolute Gasteiger partial charge is 0.395 e. The van der Waals surface area contributed by atoms with Crippen LogP contribution in [0.2, 0.25) is 0 Å². The molecule has 1 atom stereocenters. The summed E-state index contributed by atoms with van der Waals surface area (Å²) in [5, 5.41) is 17.0. The number of rotatable bonds is 6. The van der Waals surface area contributed by atoms with Crippen molar-refractivity contribution in [2.75, 3.05) is 19.7 Å². The Labute approximate surface area is 111 Å². The molecule has 0 aromatic heterocycles. The summed E-state index contributed by atoms with van der Waals surface area (Å²) in [5.41, 5.74) is 5.40. The van der Waals surface area contributed by atoms with E-state index in [0.717, 1.165) is 32.4 Å². The molecule has 4 nitrogen and oxygen atoms in total. The van der Waals surface area contributed by atoms with Crippen LogP contribution in [-0.4, -0.2) is 41.6 Å². The van der Waals surface area contributed by atoms with Gasteiger partial charge in [0.25, 0.3) is 0 Å². The van der Waals surface area contributed by atoms with Gasteiger partial charge in [-0.05, 0) is 38.8 Å². The minimum absolute atomic E-state index is 0.194. The molecule has 1 saturated heterocycles. The van der Waals surface area contributed by atoms with Crippen LogP contribution >= 0.6 is 0 Å². The second-order valence-electron chi connectivity index (χ2n) is 6.12. The molecule has 0 radical (unpaired) electrons. The summed E-state index contributed by atoms with van der Waals surface area (Å²) in [7, 11) is 0. The Morgan fingerprint density at radius 1 is 1.39 bits per heavy atom. The molecule has 0 spiro atoms. The van der Waals surface area contributed by atoms with Gasteiger partial charge in [-0.2, -0.15) is 0 Å². The van der Waals surface area contributed by atoms with E-state index in [4.69, 9.17) is 11.1 Å². The van der Waals surface area contributed by atoms with Gasteiger partial charge >= 0.3 is 0 Å². The number of likely N-dealkylation sites (tertiary alicyclic amines) is 1. The maximum atomic E-state index is 9.44. The first-order valence-electron chi connectivity index (χ1n) is 7.17. The third kappa shape index (κ3) is 4.58. The van der Waals surface area contributed by atoms with Crippen LogP contribution in [0.15, 0.2) is 0 Å². The number of nitrogens with zero attached hydrogens (tertiary/aromatic N) is 1. The average Bonchev–Trinajstić information content (AvgIpc) is 2.53. The minimum Gasteiger partial charge on any atom is -0.395 e. The number of nitrogens with one attached hydrogen (secondary N) is 1. The summed E-state index contributed by atoms with van der Waals surface area (Å²) in [4.78, 5) is 2.42. The van der Waals surface area contributed by atoms with Gasteiger partial charge in [-0.1, -0.05) is 26.7 Å². The standard InChI is InChI=1S/C14H29N3O/c1-14(2,13(15)16)8-6-10-17-9-5-3-4-7-12(17)11-18/h12,18H,3-11H2,1-2H3,(H3,15,16). The van der Waals surface area contributed by atoms with Crippen molar-refractivity contribution in [3.05, 3.63) is 0 Å². The molecule has 1 rings (SSSR count). The highest BCUT2D eigenvalue weighted by Gasteiger charge is 2.23. The van der Waals surface area contributed by atoms with Crippen molar-refractivity contribution in [1.29, 1.82) is 5.41 Å². The zero-order chi connectivity index (χ0) is 13.6. The van der Waals surface area contributed by atoms with E-state index < -0.39 is 0 Å². The Hall–Kier alpha value is -0.610. The number of hydrogen-bond acceptors (Lipinski definition) is 3. The maximum Gasteiger partial charge on any atom is 0.0963 e. The van der Waals surface area contributed by atoms with Crippen LogP contribution in [0.3, 0.4) is 0 Å². The third-order valence-corrected chi connectivity index (χ3v) is 4.19. The summed E-state index contributed by atoms with van der Waals surface area (Å²) in [5.74, 6) is 0.275. The summed E-state index contributed by atoms with van der Waals surface area (Å²) >= 11 is 0. The van der Waals surface area contributed by atoms with Gasteiger partial charge in [0.1, 0.15) is 0 Å². The van der Waals surface area contributed by atoms with Gasteiger partial charge in [0.2, 0.25) is 0 Å². The Morgan fingerprint density at radius 3 is 2.72 bits per heavy atom. The average molecular weight is 255 g/mol. The first-order chi connectivity index (χ1) is 8.47. The summed E-state index contributed by atoms with van der Waals surface area (Å²) < 4.78 is 0. The summed E-state index contributed by atoms with van der Waals surface area (Å²) in [6, 6.07) is 0.341. The van der Waals surface area contributed by atoms with Gasteiger partial charge in [-0.3, -0.25) is 10.3 Å². The zero-order valence-electron chi connectivity index (χ0n) is 11.9. The molecule has 0 amide bonds. The number of hydrogen-bond donors (Lipinski definition) is 3. The van der Waals surface area contributed by atoms with E-state index in [1.807, 2.05) is 13.8 Å². The van der Waals surface area contributed by atoms with E-state index >= 15 is 0 Å². The molecule has 1 aliphatic heterocycles. The fourth-order valence-electron chi connectivity index (χ4n) is 2.60. The molecule has 1 fully saturated rings. The highest BCUT2D eigenvalue weighted by molar-refractivity contribution is 5.82. The van der Waals surface area contributed by atoms with Crippen LogP contribution in [0, 0.1) is 10.8 Å². The normalized spacial score (nSPS) is 22.7. The van der Waals surface area contributed by atoms with Gasteiger partial charge in [-0.25, -0.2) is 0 Å². The first kappa shape index (κ1) is 15.4.